The second-order valence-electron chi connectivity index (χ2n) is 4.45. The second-order valence-corrected chi connectivity index (χ2v) is 4.45. The summed E-state index contributed by atoms with van der Waals surface area (Å²) < 4.78 is 74.1. The first-order chi connectivity index (χ1) is 11.7. The van der Waals surface area contributed by atoms with E-state index in [1.54, 1.807) is 13.0 Å². The Kier molecular flexibility index (Phi) is 12.5. The van der Waals surface area contributed by atoms with Crippen LogP contribution >= 0.6 is 0 Å². The normalized spacial score (nSPS) is 9.00. The average Bonchev–Trinajstić information content (AvgIpc) is 2.64. The van der Waals surface area contributed by atoms with Crippen molar-refractivity contribution < 1.29 is 26.3 Å². The Morgan fingerprint density at radius 2 is 0.920 bits per heavy atom. The molecule has 0 saturated heterocycles. The minimum absolute atomic E-state index is 0.124. The SMILES string of the molecule is CC.CC.Cc1c(F)c(F)c(F)c(F)c1F.Cc1ccc(F)c(C)c1. The molecule has 0 unspecified atom stereocenters. The van der Waals surface area contributed by atoms with Crippen LogP contribution in [0.1, 0.15) is 44.4 Å². The molecular formula is C19H24F6. The summed E-state index contributed by atoms with van der Waals surface area (Å²) in [5, 5.41) is 0. The van der Waals surface area contributed by atoms with Crippen LogP contribution in [0.2, 0.25) is 0 Å². The Bertz CT molecular complexity index is 560. The van der Waals surface area contributed by atoms with Crippen molar-refractivity contribution in [2.24, 2.45) is 0 Å². The van der Waals surface area contributed by atoms with Crippen LogP contribution in [0.4, 0.5) is 26.3 Å². The molecule has 0 aliphatic carbocycles. The van der Waals surface area contributed by atoms with E-state index < -0.39 is 34.6 Å². The van der Waals surface area contributed by atoms with Crippen molar-refractivity contribution in [2.45, 2.75) is 48.5 Å². The number of hydrogen-bond donors (Lipinski definition) is 0. The lowest BCUT2D eigenvalue weighted by Gasteiger charge is -2.02. The zero-order valence-corrected chi connectivity index (χ0v) is 15.5. The van der Waals surface area contributed by atoms with Gasteiger partial charge in [0.15, 0.2) is 23.3 Å². The molecule has 0 bridgehead atoms. The van der Waals surface area contributed by atoms with Gasteiger partial charge in [-0.2, -0.15) is 0 Å². The lowest BCUT2D eigenvalue weighted by Crippen LogP contribution is -2.03. The van der Waals surface area contributed by atoms with Crippen molar-refractivity contribution in [3.63, 3.8) is 0 Å². The molecule has 0 aromatic heterocycles. The summed E-state index contributed by atoms with van der Waals surface area (Å²) in [5.41, 5.74) is 0.954. The molecule has 25 heavy (non-hydrogen) atoms. The third-order valence-electron chi connectivity index (χ3n) is 2.74. The topological polar surface area (TPSA) is 0 Å². The molecular weight excluding hydrogens is 342 g/mol. The van der Waals surface area contributed by atoms with Gasteiger partial charge in [-0.1, -0.05) is 45.4 Å². The molecule has 0 spiro atoms. The van der Waals surface area contributed by atoms with E-state index in [0.29, 0.717) is 0 Å². The summed E-state index contributed by atoms with van der Waals surface area (Å²) in [5.74, 6) is -9.65. The van der Waals surface area contributed by atoms with Crippen molar-refractivity contribution in [1.29, 1.82) is 0 Å². The van der Waals surface area contributed by atoms with Crippen LogP contribution in [-0.4, -0.2) is 0 Å². The summed E-state index contributed by atoms with van der Waals surface area (Å²) >= 11 is 0. The summed E-state index contributed by atoms with van der Waals surface area (Å²) in [6.07, 6.45) is 0. The van der Waals surface area contributed by atoms with Gasteiger partial charge < -0.3 is 0 Å². The number of aryl methyl sites for hydroxylation is 2. The lowest BCUT2D eigenvalue weighted by atomic mass is 10.1. The molecule has 142 valence electrons. The van der Waals surface area contributed by atoms with Gasteiger partial charge in [0.2, 0.25) is 5.82 Å². The standard InChI is InChI=1S/C8H9F.C7H3F5.2C2H6/c1-6-3-4-8(9)7(2)5-6;1-2-3(8)5(10)7(12)6(11)4(2)9;2*1-2/h3-5H,1-2H3;1H3;2*1-2H3. The molecule has 0 aliphatic rings. The zero-order chi connectivity index (χ0) is 20.3. The predicted molar refractivity (Wildman–Crippen MR) is 89.5 cm³/mol. The third-order valence-corrected chi connectivity index (χ3v) is 2.74. The fourth-order valence-electron chi connectivity index (χ4n) is 1.51. The van der Waals surface area contributed by atoms with Crippen LogP contribution in [-0.2, 0) is 0 Å². The van der Waals surface area contributed by atoms with E-state index in [0.717, 1.165) is 18.1 Å². The molecule has 6 heteroatoms. The van der Waals surface area contributed by atoms with Crippen molar-refractivity contribution in [3.8, 4) is 0 Å². The maximum absolute atomic E-state index is 12.5. The second kappa shape index (κ2) is 12.4. The molecule has 0 amide bonds. The molecule has 0 N–H and O–H groups in total. The van der Waals surface area contributed by atoms with Crippen molar-refractivity contribution in [2.75, 3.05) is 0 Å². The van der Waals surface area contributed by atoms with E-state index in [1.807, 2.05) is 40.7 Å². The molecule has 0 fully saturated rings. The average molecular weight is 366 g/mol. The quantitative estimate of drug-likeness (QED) is 0.263. The van der Waals surface area contributed by atoms with Crippen LogP contribution in [0.25, 0.3) is 0 Å². The fraction of sp³-hybridized carbons (Fsp3) is 0.368. The first kappa shape index (κ1) is 25.3. The zero-order valence-electron chi connectivity index (χ0n) is 15.5. The Balaban J connectivity index is 0. The van der Waals surface area contributed by atoms with Gasteiger partial charge in [-0.3, -0.25) is 0 Å². The minimum Gasteiger partial charge on any atom is -0.207 e. The molecule has 0 aliphatic heterocycles. The summed E-state index contributed by atoms with van der Waals surface area (Å²) in [6, 6.07) is 5.09. The van der Waals surface area contributed by atoms with Crippen LogP contribution in [0, 0.1) is 55.7 Å². The van der Waals surface area contributed by atoms with Crippen LogP contribution < -0.4 is 0 Å². The third kappa shape index (κ3) is 7.20. The Hall–Kier alpha value is -1.98. The van der Waals surface area contributed by atoms with E-state index in [-0.39, 0.29) is 5.82 Å². The highest BCUT2D eigenvalue weighted by Gasteiger charge is 2.22. The van der Waals surface area contributed by atoms with Gasteiger partial charge in [-0.15, -0.1) is 0 Å². The van der Waals surface area contributed by atoms with E-state index in [2.05, 4.69) is 0 Å². The van der Waals surface area contributed by atoms with Crippen LogP contribution in [0.3, 0.4) is 0 Å². The minimum atomic E-state index is -2.13. The number of hydrogen-bond acceptors (Lipinski definition) is 0. The smallest absolute Gasteiger partial charge is 0.200 e. The highest BCUT2D eigenvalue weighted by atomic mass is 19.2. The highest BCUT2D eigenvalue weighted by molar-refractivity contribution is 5.23. The van der Waals surface area contributed by atoms with Gasteiger partial charge in [-0.05, 0) is 32.4 Å². The maximum Gasteiger partial charge on any atom is 0.200 e. The van der Waals surface area contributed by atoms with Gasteiger partial charge in [-0.25, -0.2) is 26.3 Å². The van der Waals surface area contributed by atoms with Gasteiger partial charge in [0.1, 0.15) is 5.82 Å². The lowest BCUT2D eigenvalue weighted by molar-refractivity contribution is 0.373. The molecule has 0 nitrogen and oxygen atoms in total. The van der Waals surface area contributed by atoms with E-state index in [1.165, 1.54) is 6.07 Å². The van der Waals surface area contributed by atoms with Crippen LogP contribution in [0.5, 0.6) is 0 Å². The first-order valence-corrected chi connectivity index (χ1v) is 7.87. The van der Waals surface area contributed by atoms with Gasteiger partial charge in [0.05, 0.1) is 0 Å². The van der Waals surface area contributed by atoms with Crippen molar-refractivity contribution in [3.05, 3.63) is 69.8 Å². The molecule has 2 aromatic rings. The van der Waals surface area contributed by atoms with Crippen molar-refractivity contribution in [1.82, 2.24) is 0 Å². The Labute approximate surface area is 145 Å². The Morgan fingerprint density at radius 1 is 0.560 bits per heavy atom. The summed E-state index contributed by atoms with van der Waals surface area (Å²) in [4.78, 5) is 0. The van der Waals surface area contributed by atoms with Gasteiger partial charge >= 0.3 is 0 Å². The number of rotatable bonds is 0. The van der Waals surface area contributed by atoms with E-state index in [9.17, 15) is 26.3 Å². The number of benzene rings is 2. The first-order valence-electron chi connectivity index (χ1n) is 7.87. The van der Waals surface area contributed by atoms with Gasteiger partial charge in [0.25, 0.3) is 0 Å². The van der Waals surface area contributed by atoms with E-state index >= 15 is 0 Å². The molecule has 2 rings (SSSR count). The van der Waals surface area contributed by atoms with Crippen molar-refractivity contribution >= 4 is 0 Å². The largest absolute Gasteiger partial charge is 0.207 e. The van der Waals surface area contributed by atoms with Crippen LogP contribution in [0.15, 0.2) is 18.2 Å². The molecule has 2 aromatic carbocycles. The molecule has 0 saturated carbocycles. The molecule has 0 atom stereocenters. The Morgan fingerprint density at radius 3 is 1.24 bits per heavy atom. The monoisotopic (exact) mass is 366 g/mol. The number of halogens is 6. The fourth-order valence-corrected chi connectivity index (χ4v) is 1.51. The summed E-state index contributed by atoms with van der Waals surface area (Å²) in [7, 11) is 0. The highest BCUT2D eigenvalue weighted by Crippen LogP contribution is 2.21. The van der Waals surface area contributed by atoms with Gasteiger partial charge in [0, 0.05) is 5.56 Å². The van der Waals surface area contributed by atoms with E-state index in [4.69, 9.17) is 0 Å². The summed E-state index contributed by atoms with van der Waals surface area (Å²) in [6.45, 7) is 12.5. The predicted octanol–water partition coefficient (Wildman–Crippen LogP) is 7.19. The molecule has 0 radical (unpaired) electrons. The molecule has 0 heterocycles. The maximum atomic E-state index is 12.5.